The second-order valence-electron chi connectivity index (χ2n) is 7.08. The Labute approximate surface area is 170 Å². The van der Waals surface area contributed by atoms with Crippen LogP contribution in [0.1, 0.15) is 29.0 Å². The number of hydrogen-bond donors (Lipinski definition) is 2. The Kier molecular flexibility index (Phi) is 6.44. The van der Waals surface area contributed by atoms with Gasteiger partial charge < -0.3 is 15.1 Å². The van der Waals surface area contributed by atoms with Gasteiger partial charge in [-0.15, -0.1) is 0 Å². The van der Waals surface area contributed by atoms with E-state index in [0.717, 1.165) is 27.9 Å². The number of carbonyl (C=O) groups excluding carboxylic acids is 2. The van der Waals surface area contributed by atoms with Crippen LogP contribution in [0.15, 0.2) is 53.1 Å². The summed E-state index contributed by atoms with van der Waals surface area (Å²) >= 11 is 0. The van der Waals surface area contributed by atoms with E-state index in [0.29, 0.717) is 18.1 Å². The Morgan fingerprint density at radius 1 is 1.00 bits per heavy atom. The molecule has 6 nitrogen and oxygen atoms in total. The molecule has 3 aromatic rings. The van der Waals surface area contributed by atoms with Gasteiger partial charge in [0.25, 0.3) is 0 Å². The van der Waals surface area contributed by atoms with Crippen molar-refractivity contribution in [3.05, 3.63) is 71.2 Å². The van der Waals surface area contributed by atoms with Gasteiger partial charge in [0, 0.05) is 24.1 Å². The zero-order chi connectivity index (χ0) is 20.8. The highest BCUT2D eigenvalue weighted by Gasteiger charge is 2.12. The third-order valence-corrected chi connectivity index (χ3v) is 4.57. The molecule has 0 unspecified atom stereocenters. The number of aryl methyl sites for hydroxylation is 4. The standard InChI is InChI=1S/C23H25N3O3/c1-15-11-16(2)23(17(3)12-15)26-21(28)14-24-20(27)9-10-22-25-13-19(29-22)18-7-5-4-6-8-18/h4-8,11-13H,9-10,14H2,1-3H3,(H,24,27)(H,26,28). The Balaban J connectivity index is 1.46. The minimum absolute atomic E-state index is 0.0769. The van der Waals surface area contributed by atoms with Crippen molar-refractivity contribution in [2.75, 3.05) is 11.9 Å². The predicted molar refractivity (Wildman–Crippen MR) is 113 cm³/mol. The van der Waals surface area contributed by atoms with Crippen molar-refractivity contribution in [1.29, 1.82) is 0 Å². The zero-order valence-corrected chi connectivity index (χ0v) is 16.9. The molecule has 0 saturated heterocycles. The maximum absolute atomic E-state index is 12.2. The van der Waals surface area contributed by atoms with Gasteiger partial charge in [-0.05, 0) is 31.9 Å². The lowest BCUT2D eigenvalue weighted by atomic mass is 10.1. The lowest BCUT2D eigenvalue weighted by Crippen LogP contribution is -2.33. The van der Waals surface area contributed by atoms with E-state index in [1.165, 1.54) is 0 Å². The molecule has 0 fully saturated rings. The summed E-state index contributed by atoms with van der Waals surface area (Å²) in [7, 11) is 0. The first-order valence-corrected chi connectivity index (χ1v) is 9.57. The van der Waals surface area contributed by atoms with E-state index in [4.69, 9.17) is 4.42 Å². The van der Waals surface area contributed by atoms with Gasteiger partial charge in [-0.25, -0.2) is 4.98 Å². The first kappa shape index (κ1) is 20.3. The molecule has 2 aromatic carbocycles. The van der Waals surface area contributed by atoms with Gasteiger partial charge in [0.1, 0.15) is 0 Å². The smallest absolute Gasteiger partial charge is 0.243 e. The summed E-state index contributed by atoms with van der Waals surface area (Å²) in [5.74, 6) is 0.687. The highest BCUT2D eigenvalue weighted by atomic mass is 16.4. The van der Waals surface area contributed by atoms with Gasteiger partial charge in [-0.2, -0.15) is 0 Å². The summed E-state index contributed by atoms with van der Waals surface area (Å²) in [6.45, 7) is 5.84. The number of rotatable bonds is 7. The Morgan fingerprint density at radius 3 is 2.38 bits per heavy atom. The summed E-state index contributed by atoms with van der Waals surface area (Å²) in [5, 5.41) is 5.51. The summed E-state index contributed by atoms with van der Waals surface area (Å²) < 4.78 is 5.69. The van der Waals surface area contributed by atoms with Crippen molar-refractivity contribution < 1.29 is 14.0 Å². The third kappa shape index (κ3) is 5.54. The van der Waals surface area contributed by atoms with E-state index in [-0.39, 0.29) is 24.8 Å². The van der Waals surface area contributed by atoms with Crippen LogP contribution in [0, 0.1) is 20.8 Å². The number of aromatic nitrogens is 1. The third-order valence-electron chi connectivity index (χ3n) is 4.57. The zero-order valence-electron chi connectivity index (χ0n) is 16.9. The molecular weight excluding hydrogens is 366 g/mol. The highest BCUT2D eigenvalue weighted by Crippen LogP contribution is 2.22. The Bertz CT molecular complexity index is 986. The monoisotopic (exact) mass is 391 g/mol. The lowest BCUT2D eigenvalue weighted by molar-refractivity contribution is -0.124. The minimum atomic E-state index is -0.254. The SMILES string of the molecule is Cc1cc(C)c(NC(=O)CNC(=O)CCc2ncc(-c3ccccc3)o2)c(C)c1. The first-order chi connectivity index (χ1) is 13.9. The maximum Gasteiger partial charge on any atom is 0.243 e. The van der Waals surface area contributed by atoms with Crippen LogP contribution in [0.2, 0.25) is 0 Å². The molecular formula is C23H25N3O3. The maximum atomic E-state index is 12.2. The summed E-state index contributed by atoms with van der Waals surface area (Å²) in [4.78, 5) is 28.5. The molecule has 6 heteroatoms. The molecule has 1 aromatic heterocycles. The van der Waals surface area contributed by atoms with Crippen LogP contribution < -0.4 is 10.6 Å². The average molecular weight is 391 g/mol. The number of benzene rings is 2. The molecule has 2 N–H and O–H groups in total. The molecule has 0 aliphatic rings. The largest absolute Gasteiger partial charge is 0.441 e. The topological polar surface area (TPSA) is 84.2 Å². The summed E-state index contributed by atoms with van der Waals surface area (Å²) in [6, 6.07) is 13.7. The van der Waals surface area contributed by atoms with E-state index < -0.39 is 0 Å². The van der Waals surface area contributed by atoms with E-state index in [2.05, 4.69) is 15.6 Å². The molecule has 0 bridgehead atoms. The molecule has 0 radical (unpaired) electrons. The first-order valence-electron chi connectivity index (χ1n) is 9.57. The normalized spacial score (nSPS) is 10.6. The van der Waals surface area contributed by atoms with Crippen molar-refractivity contribution in [3.63, 3.8) is 0 Å². The number of nitrogens with zero attached hydrogens (tertiary/aromatic N) is 1. The predicted octanol–water partition coefficient (Wildman–Crippen LogP) is 3.95. The quantitative estimate of drug-likeness (QED) is 0.639. The Morgan fingerprint density at radius 2 is 1.69 bits per heavy atom. The number of carbonyl (C=O) groups is 2. The molecule has 0 aliphatic heterocycles. The van der Waals surface area contributed by atoms with Crippen LogP contribution in [0.25, 0.3) is 11.3 Å². The lowest BCUT2D eigenvalue weighted by Gasteiger charge is -2.13. The summed E-state index contributed by atoms with van der Waals surface area (Å²) in [6.07, 6.45) is 2.23. The van der Waals surface area contributed by atoms with Gasteiger partial charge in [0.2, 0.25) is 11.8 Å². The molecule has 3 rings (SSSR count). The van der Waals surface area contributed by atoms with Gasteiger partial charge in [-0.3, -0.25) is 9.59 Å². The molecule has 2 amide bonds. The molecule has 0 saturated carbocycles. The molecule has 0 atom stereocenters. The molecule has 150 valence electrons. The van der Waals surface area contributed by atoms with E-state index in [9.17, 15) is 9.59 Å². The number of nitrogens with one attached hydrogen (secondary N) is 2. The van der Waals surface area contributed by atoms with E-state index >= 15 is 0 Å². The molecule has 1 heterocycles. The number of hydrogen-bond acceptors (Lipinski definition) is 4. The fraction of sp³-hybridized carbons (Fsp3) is 0.261. The van der Waals surface area contributed by atoms with Crippen molar-refractivity contribution in [2.45, 2.75) is 33.6 Å². The van der Waals surface area contributed by atoms with Crippen LogP contribution in [0.5, 0.6) is 0 Å². The number of oxazole rings is 1. The van der Waals surface area contributed by atoms with E-state index in [1.807, 2.05) is 63.2 Å². The van der Waals surface area contributed by atoms with Crippen LogP contribution in [0.4, 0.5) is 5.69 Å². The number of amides is 2. The van der Waals surface area contributed by atoms with E-state index in [1.54, 1.807) is 6.20 Å². The van der Waals surface area contributed by atoms with Crippen LogP contribution >= 0.6 is 0 Å². The Hall–Kier alpha value is -3.41. The fourth-order valence-electron chi connectivity index (χ4n) is 3.21. The number of anilines is 1. The average Bonchev–Trinajstić information content (AvgIpc) is 3.17. The molecule has 0 aliphatic carbocycles. The van der Waals surface area contributed by atoms with Gasteiger partial charge >= 0.3 is 0 Å². The fourth-order valence-corrected chi connectivity index (χ4v) is 3.21. The van der Waals surface area contributed by atoms with Crippen molar-refractivity contribution >= 4 is 17.5 Å². The minimum Gasteiger partial charge on any atom is -0.441 e. The van der Waals surface area contributed by atoms with Gasteiger partial charge in [0.05, 0.1) is 12.7 Å². The van der Waals surface area contributed by atoms with Crippen LogP contribution in [-0.2, 0) is 16.0 Å². The highest BCUT2D eigenvalue weighted by molar-refractivity contribution is 5.95. The van der Waals surface area contributed by atoms with Crippen molar-refractivity contribution in [2.24, 2.45) is 0 Å². The van der Waals surface area contributed by atoms with Crippen molar-refractivity contribution in [3.8, 4) is 11.3 Å². The second kappa shape index (κ2) is 9.19. The summed E-state index contributed by atoms with van der Waals surface area (Å²) in [5.41, 5.74) is 4.88. The van der Waals surface area contributed by atoms with Gasteiger partial charge in [-0.1, -0.05) is 48.0 Å². The molecule has 0 spiro atoms. The van der Waals surface area contributed by atoms with Gasteiger partial charge in [0.15, 0.2) is 11.7 Å². The van der Waals surface area contributed by atoms with Crippen LogP contribution in [-0.4, -0.2) is 23.3 Å². The van der Waals surface area contributed by atoms with Crippen LogP contribution in [0.3, 0.4) is 0 Å². The molecule has 29 heavy (non-hydrogen) atoms. The second-order valence-corrected chi connectivity index (χ2v) is 7.08. The van der Waals surface area contributed by atoms with Crippen molar-refractivity contribution in [1.82, 2.24) is 10.3 Å².